The Balaban J connectivity index is 2.07. The fraction of sp³-hybridized carbons (Fsp3) is 0.333. The van der Waals surface area contributed by atoms with E-state index in [1.807, 2.05) is 25.2 Å². The van der Waals surface area contributed by atoms with Gasteiger partial charge in [-0.25, -0.2) is 15.0 Å². The molecule has 1 aromatic carbocycles. The van der Waals surface area contributed by atoms with Gasteiger partial charge >= 0.3 is 0 Å². The van der Waals surface area contributed by atoms with E-state index in [1.165, 1.54) is 5.56 Å². The molecule has 0 unspecified atom stereocenters. The van der Waals surface area contributed by atoms with Crippen LogP contribution >= 0.6 is 11.6 Å². The van der Waals surface area contributed by atoms with Crippen molar-refractivity contribution in [2.24, 2.45) is 0 Å². The van der Waals surface area contributed by atoms with Gasteiger partial charge in [0.15, 0.2) is 11.6 Å². The third kappa shape index (κ3) is 3.64. The van der Waals surface area contributed by atoms with Crippen LogP contribution in [0.1, 0.15) is 19.4 Å². The van der Waals surface area contributed by atoms with Crippen LogP contribution in [0.5, 0.6) is 0 Å². The average Bonchev–Trinajstić information content (AvgIpc) is 2.63. The lowest BCUT2D eigenvalue weighted by Crippen LogP contribution is -2.24. The van der Waals surface area contributed by atoms with Crippen LogP contribution in [0.25, 0.3) is 11.0 Å². The number of hydrogen-bond donors (Lipinski definition) is 0. The van der Waals surface area contributed by atoms with Crippen molar-refractivity contribution < 1.29 is 0 Å². The molecule has 25 heavy (non-hydrogen) atoms. The Morgan fingerprint density at radius 2 is 1.64 bits per heavy atom. The van der Waals surface area contributed by atoms with Crippen molar-refractivity contribution in [3.8, 4) is 0 Å². The van der Waals surface area contributed by atoms with Crippen LogP contribution in [0.3, 0.4) is 0 Å². The Bertz CT molecular complexity index is 851. The molecule has 0 saturated carbocycles. The summed E-state index contributed by atoms with van der Waals surface area (Å²) in [5.74, 6) is 1.49. The highest BCUT2D eigenvalue weighted by Gasteiger charge is 2.18. The molecule has 7 heteroatoms. The molecule has 130 valence electrons. The van der Waals surface area contributed by atoms with Gasteiger partial charge in [-0.15, -0.1) is 0 Å². The quantitative estimate of drug-likeness (QED) is 0.629. The van der Waals surface area contributed by atoms with Crippen molar-refractivity contribution in [1.82, 2.24) is 19.9 Å². The van der Waals surface area contributed by atoms with Gasteiger partial charge < -0.3 is 9.80 Å². The summed E-state index contributed by atoms with van der Waals surface area (Å²) >= 11 is 6.20. The lowest BCUT2D eigenvalue weighted by atomic mass is 10.2. The highest BCUT2D eigenvalue weighted by molar-refractivity contribution is 6.29. The second kappa shape index (κ2) is 7.61. The molecular formula is C18H21ClN6. The summed E-state index contributed by atoms with van der Waals surface area (Å²) in [4.78, 5) is 21.8. The Morgan fingerprint density at radius 1 is 0.920 bits per heavy atom. The van der Waals surface area contributed by atoms with Crippen molar-refractivity contribution in [1.29, 1.82) is 0 Å². The van der Waals surface area contributed by atoms with Gasteiger partial charge in [0, 0.05) is 26.7 Å². The maximum atomic E-state index is 6.20. The summed E-state index contributed by atoms with van der Waals surface area (Å²) < 4.78 is 0. The molecule has 3 aromatic rings. The van der Waals surface area contributed by atoms with Crippen LogP contribution in [0, 0.1) is 0 Å². The Hall–Kier alpha value is -2.47. The van der Waals surface area contributed by atoms with Gasteiger partial charge in [-0.3, -0.25) is 0 Å². The summed E-state index contributed by atoms with van der Waals surface area (Å²) in [6.07, 6.45) is 1.56. The van der Waals surface area contributed by atoms with Crippen molar-refractivity contribution in [2.45, 2.75) is 20.4 Å². The molecule has 0 spiro atoms. The highest BCUT2D eigenvalue weighted by Crippen LogP contribution is 2.29. The fourth-order valence-electron chi connectivity index (χ4n) is 2.85. The Morgan fingerprint density at radius 3 is 2.32 bits per heavy atom. The number of aromatic nitrogens is 4. The monoisotopic (exact) mass is 356 g/mol. The minimum Gasteiger partial charge on any atom is -0.355 e. The molecule has 0 bridgehead atoms. The number of rotatable bonds is 6. The van der Waals surface area contributed by atoms with Crippen LogP contribution in [0.2, 0.25) is 5.28 Å². The van der Waals surface area contributed by atoms with Crippen molar-refractivity contribution in [3.05, 3.63) is 47.5 Å². The molecule has 2 aromatic heterocycles. The van der Waals surface area contributed by atoms with E-state index < -0.39 is 0 Å². The first kappa shape index (κ1) is 17.4. The highest BCUT2D eigenvalue weighted by atomic mass is 35.5. The number of benzene rings is 1. The summed E-state index contributed by atoms with van der Waals surface area (Å²) in [7, 11) is 1.99. The fourth-order valence-corrected chi connectivity index (χ4v) is 3.01. The summed E-state index contributed by atoms with van der Waals surface area (Å²) in [6, 6.07) is 10.2. The van der Waals surface area contributed by atoms with E-state index in [-0.39, 0.29) is 5.28 Å². The Labute approximate surface area is 152 Å². The molecule has 0 fully saturated rings. The largest absolute Gasteiger partial charge is 0.355 e. The first-order valence-electron chi connectivity index (χ1n) is 8.32. The van der Waals surface area contributed by atoms with E-state index in [9.17, 15) is 0 Å². The predicted octanol–water partition coefficient (Wildman–Crippen LogP) is 3.56. The van der Waals surface area contributed by atoms with Crippen LogP contribution in [0.15, 0.2) is 36.7 Å². The third-order valence-electron chi connectivity index (χ3n) is 4.10. The van der Waals surface area contributed by atoms with Crippen LogP contribution in [-0.2, 0) is 6.54 Å². The molecule has 0 aliphatic heterocycles. The van der Waals surface area contributed by atoms with Gasteiger partial charge in [0.25, 0.3) is 0 Å². The molecule has 0 amide bonds. The van der Waals surface area contributed by atoms with Crippen molar-refractivity contribution >= 4 is 34.3 Å². The lowest BCUT2D eigenvalue weighted by Gasteiger charge is -2.23. The van der Waals surface area contributed by atoms with Crippen molar-refractivity contribution in [2.75, 3.05) is 29.9 Å². The van der Waals surface area contributed by atoms with E-state index in [0.717, 1.165) is 36.8 Å². The number of hydrogen-bond acceptors (Lipinski definition) is 6. The maximum absolute atomic E-state index is 6.20. The van der Waals surface area contributed by atoms with E-state index in [1.54, 1.807) is 6.33 Å². The molecule has 0 aliphatic rings. The van der Waals surface area contributed by atoms with Crippen LogP contribution in [0.4, 0.5) is 11.6 Å². The van der Waals surface area contributed by atoms with Gasteiger partial charge in [-0.2, -0.15) is 4.98 Å². The standard InChI is InChI=1S/C18H21ClN6/c1-4-25(5-2)17-14-15(22-18(19)23-17)16(21-12-20-14)24(3)11-13-9-7-6-8-10-13/h6-10,12H,4-5,11H2,1-3H3. The van der Waals surface area contributed by atoms with E-state index in [0.29, 0.717) is 5.52 Å². The zero-order valence-corrected chi connectivity index (χ0v) is 15.4. The minimum atomic E-state index is 0.207. The molecule has 0 saturated heterocycles. The van der Waals surface area contributed by atoms with Gasteiger partial charge in [0.05, 0.1) is 0 Å². The zero-order chi connectivity index (χ0) is 17.8. The number of anilines is 2. The second-order valence-corrected chi connectivity index (χ2v) is 6.06. The molecule has 6 nitrogen and oxygen atoms in total. The molecule has 0 N–H and O–H groups in total. The van der Waals surface area contributed by atoms with Crippen LogP contribution < -0.4 is 9.80 Å². The third-order valence-corrected chi connectivity index (χ3v) is 4.27. The number of halogens is 1. The SMILES string of the molecule is CCN(CC)c1nc(Cl)nc2c(N(C)Cc3ccccc3)ncnc12. The van der Waals surface area contributed by atoms with E-state index in [2.05, 4.69) is 55.7 Å². The topological polar surface area (TPSA) is 58.0 Å². The van der Waals surface area contributed by atoms with Crippen LogP contribution in [-0.4, -0.2) is 40.1 Å². The first-order chi connectivity index (χ1) is 12.1. The second-order valence-electron chi connectivity index (χ2n) is 5.72. The molecule has 2 heterocycles. The van der Waals surface area contributed by atoms with E-state index in [4.69, 9.17) is 11.6 Å². The van der Waals surface area contributed by atoms with E-state index >= 15 is 0 Å². The predicted molar refractivity (Wildman–Crippen MR) is 102 cm³/mol. The molecule has 0 atom stereocenters. The Kier molecular flexibility index (Phi) is 5.28. The first-order valence-corrected chi connectivity index (χ1v) is 8.70. The zero-order valence-electron chi connectivity index (χ0n) is 14.6. The molecule has 3 rings (SSSR count). The van der Waals surface area contributed by atoms with Gasteiger partial charge in [-0.05, 0) is 31.0 Å². The normalized spacial score (nSPS) is 10.9. The van der Waals surface area contributed by atoms with Gasteiger partial charge in [-0.1, -0.05) is 30.3 Å². The molecule has 0 radical (unpaired) electrons. The molecular weight excluding hydrogens is 336 g/mol. The summed E-state index contributed by atoms with van der Waals surface area (Å²) in [6.45, 7) is 6.51. The smallest absolute Gasteiger partial charge is 0.225 e. The number of fused-ring (bicyclic) bond motifs is 1. The summed E-state index contributed by atoms with van der Waals surface area (Å²) in [5.41, 5.74) is 2.58. The minimum absolute atomic E-state index is 0.207. The van der Waals surface area contributed by atoms with Crippen molar-refractivity contribution in [3.63, 3.8) is 0 Å². The van der Waals surface area contributed by atoms with Gasteiger partial charge in [0.2, 0.25) is 5.28 Å². The summed E-state index contributed by atoms with van der Waals surface area (Å²) in [5, 5.41) is 0.207. The lowest BCUT2D eigenvalue weighted by molar-refractivity contribution is 0.844. The number of nitrogens with zero attached hydrogens (tertiary/aromatic N) is 6. The van der Waals surface area contributed by atoms with Gasteiger partial charge in [0.1, 0.15) is 17.4 Å². The maximum Gasteiger partial charge on any atom is 0.225 e. The average molecular weight is 357 g/mol. The molecule has 0 aliphatic carbocycles.